The predicted octanol–water partition coefficient (Wildman–Crippen LogP) is 2.51. The van der Waals surface area contributed by atoms with E-state index in [1.165, 1.54) is 6.07 Å². The zero-order valence-corrected chi connectivity index (χ0v) is 18.2. The summed E-state index contributed by atoms with van der Waals surface area (Å²) in [7, 11) is -1.69. The van der Waals surface area contributed by atoms with Gasteiger partial charge in [0.05, 0.1) is 18.6 Å². The highest BCUT2D eigenvalue weighted by Crippen LogP contribution is 2.20. The van der Waals surface area contributed by atoms with Gasteiger partial charge in [-0.2, -0.15) is 0 Å². The molecule has 0 amide bonds. The zero-order valence-electron chi connectivity index (χ0n) is 17.4. The second-order valence-electron chi connectivity index (χ2n) is 7.44. The first kappa shape index (κ1) is 22.5. The third-order valence-electron chi connectivity index (χ3n) is 5.36. The number of benzene rings is 2. The summed E-state index contributed by atoms with van der Waals surface area (Å²) < 4.78 is 46.2. The standard InChI is InChI=1S/C22H30FN3O3S/c1-29-20-9-7-19(8-10-20)11-18-30(27,28)24-12-4-13-25-14-16-26(17-15-25)22-6-3-2-5-21(22)23/h2-3,5-10,24H,4,11-18H2,1H3. The van der Waals surface area contributed by atoms with Gasteiger partial charge in [-0.15, -0.1) is 0 Å². The highest BCUT2D eigenvalue weighted by atomic mass is 32.2. The summed E-state index contributed by atoms with van der Waals surface area (Å²) in [5.74, 6) is 0.644. The summed E-state index contributed by atoms with van der Waals surface area (Å²) in [4.78, 5) is 4.36. The number of hydrogen-bond acceptors (Lipinski definition) is 5. The van der Waals surface area contributed by atoms with Crippen LogP contribution >= 0.6 is 0 Å². The van der Waals surface area contributed by atoms with Gasteiger partial charge in [-0.3, -0.25) is 4.90 Å². The SMILES string of the molecule is COc1ccc(CCS(=O)(=O)NCCCN2CCN(c3ccccc3F)CC2)cc1. The van der Waals surface area contributed by atoms with Gasteiger partial charge in [-0.05, 0) is 49.2 Å². The van der Waals surface area contributed by atoms with Crippen LogP contribution in [0.1, 0.15) is 12.0 Å². The lowest BCUT2D eigenvalue weighted by Crippen LogP contribution is -2.47. The molecule has 1 N–H and O–H groups in total. The van der Waals surface area contributed by atoms with Crippen molar-refractivity contribution in [3.63, 3.8) is 0 Å². The van der Waals surface area contributed by atoms with Crippen molar-refractivity contribution in [1.82, 2.24) is 9.62 Å². The van der Waals surface area contributed by atoms with Crippen molar-refractivity contribution in [2.45, 2.75) is 12.8 Å². The third-order valence-corrected chi connectivity index (χ3v) is 6.74. The molecular weight excluding hydrogens is 405 g/mol. The molecule has 1 aliphatic heterocycles. The molecule has 30 heavy (non-hydrogen) atoms. The number of aryl methyl sites for hydroxylation is 1. The molecule has 0 saturated carbocycles. The van der Waals surface area contributed by atoms with Gasteiger partial charge in [-0.25, -0.2) is 17.5 Å². The van der Waals surface area contributed by atoms with Crippen molar-refractivity contribution < 1.29 is 17.5 Å². The van der Waals surface area contributed by atoms with E-state index in [2.05, 4.69) is 14.5 Å². The highest BCUT2D eigenvalue weighted by Gasteiger charge is 2.19. The van der Waals surface area contributed by atoms with Crippen molar-refractivity contribution >= 4 is 15.7 Å². The molecule has 0 atom stereocenters. The number of piperazine rings is 1. The van der Waals surface area contributed by atoms with E-state index in [1.807, 2.05) is 36.4 Å². The van der Waals surface area contributed by atoms with E-state index in [-0.39, 0.29) is 11.6 Å². The topological polar surface area (TPSA) is 61.9 Å². The van der Waals surface area contributed by atoms with Crippen molar-refractivity contribution in [1.29, 1.82) is 0 Å². The number of nitrogens with zero attached hydrogens (tertiary/aromatic N) is 2. The lowest BCUT2D eigenvalue weighted by Gasteiger charge is -2.36. The Labute approximate surface area is 178 Å². The molecule has 164 valence electrons. The average Bonchev–Trinajstić information content (AvgIpc) is 2.77. The van der Waals surface area contributed by atoms with Crippen LogP contribution in [0.5, 0.6) is 5.75 Å². The molecule has 0 aromatic heterocycles. The van der Waals surface area contributed by atoms with E-state index in [0.717, 1.165) is 50.5 Å². The Morgan fingerprint density at radius 3 is 2.40 bits per heavy atom. The van der Waals surface area contributed by atoms with Gasteiger partial charge in [0, 0.05) is 32.7 Å². The molecule has 0 bridgehead atoms. The largest absolute Gasteiger partial charge is 0.497 e. The predicted molar refractivity (Wildman–Crippen MR) is 118 cm³/mol. The van der Waals surface area contributed by atoms with Crippen molar-refractivity contribution in [2.24, 2.45) is 0 Å². The molecule has 0 radical (unpaired) electrons. The minimum atomic E-state index is -3.30. The summed E-state index contributed by atoms with van der Waals surface area (Å²) in [6, 6.07) is 14.3. The van der Waals surface area contributed by atoms with Gasteiger partial charge >= 0.3 is 0 Å². The minimum Gasteiger partial charge on any atom is -0.497 e. The van der Waals surface area contributed by atoms with Gasteiger partial charge in [0.25, 0.3) is 0 Å². The summed E-state index contributed by atoms with van der Waals surface area (Å²) in [5.41, 5.74) is 1.62. The summed E-state index contributed by atoms with van der Waals surface area (Å²) in [6.45, 7) is 4.49. The molecule has 6 nitrogen and oxygen atoms in total. The number of ether oxygens (including phenoxy) is 1. The van der Waals surface area contributed by atoms with Crippen LogP contribution in [0.3, 0.4) is 0 Å². The number of sulfonamides is 1. The molecule has 1 fully saturated rings. The Bertz CT molecular complexity index is 898. The second kappa shape index (κ2) is 10.7. The number of hydrogen-bond donors (Lipinski definition) is 1. The molecule has 1 heterocycles. The first-order valence-electron chi connectivity index (χ1n) is 10.3. The van der Waals surface area contributed by atoms with E-state index >= 15 is 0 Å². The third kappa shape index (κ3) is 6.68. The molecule has 1 saturated heterocycles. The second-order valence-corrected chi connectivity index (χ2v) is 9.37. The molecule has 3 rings (SSSR count). The number of anilines is 1. The van der Waals surface area contributed by atoms with E-state index in [4.69, 9.17) is 4.74 Å². The van der Waals surface area contributed by atoms with Crippen LogP contribution in [-0.4, -0.2) is 65.4 Å². The Balaban J connectivity index is 1.33. The van der Waals surface area contributed by atoms with Crippen LogP contribution in [0.25, 0.3) is 0 Å². The lowest BCUT2D eigenvalue weighted by atomic mass is 10.2. The fraction of sp³-hybridized carbons (Fsp3) is 0.455. The first-order valence-corrected chi connectivity index (χ1v) is 11.9. The maximum atomic E-state index is 13.9. The number of methoxy groups -OCH3 is 1. The molecule has 2 aromatic carbocycles. The van der Waals surface area contributed by atoms with E-state index in [9.17, 15) is 12.8 Å². The van der Waals surface area contributed by atoms with Crippen LogP contribution in [0.2, 0.25) is 0 Å². The number of rotatable bonds is 10. The van der Waals surface area contributed by atoms with Crippen molar-refractivity contribution in [3.8, 4) is 5.75 Å². The Morgan fingerprint density at radius 1 is 1.03 bits per heavy atom. The lowest BCUT2D eigenvalue weighted by molar-refractivity contribution is 0.255. The van der Waals surface area contributed by atoms with Gasteiger partial charge in [0.15, 0.2) is 0 Å². The zero-order chi connectivity index (χ0) is 21.4. The monoisotopic (exact) mass is 435 g/mol. The fourth-order valence-electron chi connectivity index (χ4n) is 3.57. The van der Waals surface area contributed by atoms with Gasteiger partial charge < -0.3 is 9.64 Å². The van der Waals surface area contributed by atoms with Gasteiger partial charge in [0.1, 0.15) is 11.6 Å². The first-order chi connectivity index (χ1) is 14.5. The van der Waals surface area contributed by atoms with Crippen LogP contribution in [0.4, 0.5) is 10.1 Å². The Morgan fingerprint density at radius 2 is 1.73 bits per heavy atom. The molecule has 0 unspecified atom stereocenters. The molecular formula is C22H30FN3O3S. The maximum absolute atomic E-state index is 13.9. The number of halogens is 1. The normalized spacial score (nSPS) is 15.3. The molecule has 0 spiro atoms. The van der Waals surface area contributed by atoms with Gasteiger partial charge in [-0.1, -0.05) is 24.3 Å². The molecule has 1 aliphatic rings. The molecule has 2 aromatic rings. The maximum Gasteiger partial charge on any atom is 0.211 e. The molecule has 8 heteroatoms. The van der Waals surface area contributed by atoms with Crippen molar-refractivity contribution in [3.05, 3.63) is 59.9 Å². The molecule has 0 aliphatic carbocycles. The van der Waals surface area contributed by atoms with E-state index in [1.54, 1.807) is 13.2 Å². The van der Waals surface area contributed by atoms with E-state index in [0.29, 0.717) is 18.7 Å². The summed E-state index contributed by atoms with van der Waals surface area (Å²) >= 11 is 0. The number of para-hydroxylation sites is 1. The van der Waals surface area contributed by atoms with Crippen LogP contribution < -0.4 is 14.4 Å². The van der Waals surface area contributed by atoms with Gasteiger partial charge in [0.2, 0.25) is 10.0 Å². The van der Waals surface area contributed by atoms with Crippen LogP contribution in [-0.2, 0) is 16.4 Å². The summed E-state index contributed by atoms with van der Waals surface area (Å²) in [6.07, 6.45) is 1.22. The van der Waals surface area contributed by atoms with Crippen LogP contribution in [0.15, 0.2) is 48.5 Å². The minimum absolute atomic E-state index is 0.0701. The van der Waals surface area contributed by atoms with Crippen molar-refractivity contribution in [2.75, 3.05) is 57.0 Å². The Kier molecular flexibility index (Phi) is 8.07. The van der Waals surface area contributed by atoms with Crippen LogP contribution in [0, 0.1) is 5.82 Å². The smallest absolute Gasteiger partial charge is 0.211 e. The number of nitrogens with one attached hydrogen (secondary N) is 1. The quantitative estimate of drug-likeness (QED) is 0.581. The Hall–Kier alpha value is -2.16. The highest BCUT2D eigenvalue weighted by molar-refractivity contribution is 7.89. The summed E-state index contributed by atoms with van der Waals surface area (Å²) in [5, 5.41) is 0. The fourth-order valence-corrected chi connectivity index (χ4v) is 4.67. The van der Waals surface area contributed by atoms with E-state index < -0.39 is 10.0 Å². The average molecular weight is 436 g/mol.